The van der Waals surface area contributed by atoms with E-state index in [1.165, 1.54) is 35.1 Å². The summed E-state index contributed by atoms with van der Waals surface area (Å²) < 4.78 is 0. The molecule has 0 saturated carbocycles. The summed E-state index contributed by atoms with van der Waals surface area (Å²) in [7, 11) is 0. The first kappa shape index (κ1) is 8.55. The summed E-state index contributed by atoms with van der Waals surface area (Å²) in [6.45, 7) is 4.44. The van der Waals surface area contributed by atoms with Gasteiger partial charge in [-0.15, -0.1) is 0 Å². The van der Waals surface area contributed by atoms with E-state index in [0.29, 0.717) is 0 Å². The largest absolute Gasteiger partial charge is 0.0795 e. The van der Waals surface area contributed by atoms with E-state index >= 15 is 0 Å². The van der Waals surface area contributed by atoms with Crippen LogP contribution in [0.15, 0.2) is 18.2 Å². The van der Waals surface area contributed by atoms with Crippen LogP contribution in [0.1, 0.15) is 35.6 Å². The molecule has 0 aromatic heterocycles. The van der Waals surface area contributed by atoms with Crippen molar-refractivity contribution >= 4 is 6.08 Å². The first-order chi connectivity index (χ1) is 6.31. The molecule has 0 saturated heterocycles. The molecule has 0 fully saturated rings. The summed E-state index contributed by atoms with van der Waals surface area (Å²) in [5.74, 6) is 0. The Morgan fingerprint density at radius 2 is 2.15 bits per heavy atom. The molecule has 13 heavy (non-hydrogen) atoms. The van der Waals surface area contributed by atoms with E-state index in [2.05, 4.69) is 38.1 Å². The lowest BCUT2D eigenvalue weighted by Gasteiger charge is -2.08. The number of fused-ring (bicyclic) bond motifs is 1. The summed E-state index contributed by atoms with van der Waals surface area (Å²) in [5, 5.41) is 0. The summed E-state index contributed by atoms with van der Waals surface area (Å²) in [5.41, 5.74) is 5.95. The van der Waals surface area contributed by atoms with Gasteiger partial charge in [-0.1, -0.05) is 43.2 Å². The number of aryl methyl sites for hydroxylation is 2. The van der Waals surface area contributed by atoms with Gasteiger partial charge < -0.3 is 0 Å². The predicted octanol–water partition coefficient (Wildman–Crippen LogP) is 3.52. The number of rotatable bonds is 2. The third-order valence-electron chi connectivity index (χ3n) is 2.64. The van der Waals surface area contributed by atoms with Crippen molar-refractivity contribution in [2.45, 2.75) is 33.1 Å². The Labute approximate surface area is 80.3 Å². The Kier molecular flexibility index (Phi) is 2.22. The van der Waals surface area contributed by atoms with E-state index in [1.54, 1.807) is 0 Å². The summed E-state index contributed by atoms with van der Waals surface area (Å²) in [6, 6.07) is 4.65. The van der Waals surface area contributed by atoms with Crippen LogP contribution in [0.4, 0.5) is 0 Å². The van der Waals surface area contributed by atoms with E-state index < -0.39 is 0 Å². The second-order valence-electron chi connectivity index (χ2n) is 3.85. The van der Waals surface area contributed by atoms with Crippen LogP contribution in [-0.2, 0) is 12.8 Å². The fraction of sp³-hybridized carbons (Fsp3) is 0.385. The lowest BCUT2D eigenvalue weighted by atomic mass is 9.97. The van der Waals surface area contributed by atoms with Crippen LogP contribution < -0.4 is 0 Å². The summed E-state index contributed by atoms with van der Waals surface area (Å²) >= 11 is 0. The highest BCUT2D eigenvalue weighted by Crippen LogP contribution is 2.25. The molecule has 0 amide bonds. The normalized spacial score (nSPS) is 13.4. The highest BCUT2D eigenvalue weighted by atomic mass is 14.1. The van der Waals surface area contributed by atoms with Gasteiger partial charge in [0, 0.05) is 0 Å². The molecule has 1 aromatic rings. The molecule has 1 aromatic carbocycles. The molecule has 68 valence electrons. The quantitative estimate of drug-likeness (QED) is 0.640. The Hall–Kier alpha value is -1.04. The molecule has 0 N–H and O–H groups in total. The van der Waals surface area contributed by atoms with Crippen molar-refractivity contribution in [2.75, 3.05) is 0 Å². The van der Waals surface area contributed by atoms with Gasteiger partial charge in [0.05, 0.1) is 0 Å². The van der Waals surface area contributed by atoms with Crippen LogP contribution in [0.5, 0.6) is 0 Å². The van der Waals surface area contributed by atoms with Crippen LogP contribution >= 0.6 is 0 Å². The van der Waals surface area contributed by atoms with Gasteiger partial charge in [0.1, 0.15) is 0 Å². The van der Waals surface area contributed by atoms with Crippen molar-refractivity contribution in [2.24, 2.45) is 0 Å². The minimum absolute atomic E-state index is 1.13. The van der Waals surface area contributed by atoms with Crippen molar-refractivity contribution in [1.29, 1.82) is 0 Å². The van der Waals surface area contributed by atoms with Gasteiger partial charge in [-0.05, 0) is 36.5 Å². The average Bonchev–Trinajstić information content (AvgIpc) is 2.52. The van der Waals surface area contributed by atoms with Crippen LogP contribution in [0.25, 0.3) is 6.08 Å². The number of allylic oxidation sites excluding steroid dienone is 1. The lowest BCUT2D eigenvalue weighted by molar-refractivity contribution is 0.916. The van der Waals surface area contributed by atoms with Gasteiger partial charge in [0.15, 0.2) is 0 Å². The highest BCUT2D eigenvalue weighted by molar-refractivity contribution is 5.64. The second-order valence-corrected chi connectivity index (χ2v) is 3.85. The standard InChI is InChI=1S/C13H16/c1-3-5-11-8-10(2)9-12-6-4-7-13(11)12/h4,7-9H,3,5-6H2,1-2H3. The van der Waals surface area contributed by atoms with Crippen molar-refractivity contribution < 1.29 is 0 Å². The van der Waals surface area contributed by atoms with Gasteiger partial charge in [0.25, 0.3) is 0 Å². The third-order valence-corrected chi connectivity index (χ3v) is 2.64. The number of hydrogen-bond donors (Lipinski definition) is 0. The third kappa shape index (κ3) is 1.53. The van der Waals surface area contributed by atoms with Gasteiger partial charge in [-0.3, -0.25) is 0 Å². The van der Waals surface area contributed by atoms with Crippen molar-refractivity contribution in [3.8, 4) is 0 Å². The molecule has 1 aliphatic rings. The van der Waals surface area contributed by atoms with E-state index in [-0.39, 0.29) is 0 Å². The predicted molar refractivity (Wildman–Crippen MR) is 57.9 cm³/mol. The first-order valence-corrected chi connectivity index (χ1v) is 5.10. The maximum Gasteiger partial charge on any atom is -0.00880 e. The molecule has 0 nitrogen and oxygen atoms in total. The molecule has 0 atom stereocenters. The smallest absolute Gasteiger partial charge is 0.00880 e. The Balaban J connectivity index is 2.47. The highest BCUT2D eigenvalue weighted by Gasteiger charge is 2.09. The summed E-state index contributed by atoms with van der Waals surface area (Å²) in [4.78, 5) is 0. The molecular formula is C13H16. The fourth-order valence-electron chi connectivity index (χ4n) is 2.12. The minimum Gasteiger partial charge on any atom is -0.0795 e. The Morgan fingerprint density at radius 3 is 2.92 bits per heavy atom. The van der Waals surface area contributed by atoms with E-state index in [1.807, 2.05) is 0 Å². The maximum atomic E-state index is 2.33. The number of hydrogen-bond acceptors (Lipinski definition) is 0. The molecule has 0 heterocycles. The Morgan fingerprint density at radius 1 is 1.31 bits per heavy atom. The van der Waals surface area contributed by atoms with Crippen LogP contribution in [0.2, 0.25) is 0 Å². The van der Waals surface area contributed by atoms with Gasteiger partial charge in [-0.25, -0.2) is 0 Å². The second kappa shape index (κ2) is 3.37. The zero-order valence-corrected chi connectivity index (χ0v) is 8.43. The molecule has 0 spiro atoms. The SMILES string of the molecule is CCCc1cc(C)cc2c1C=CC2. The molecular weight excluding hydrogens is 156 g/mol. The topological polar surface area (TPSA) is 0 Å². The summed E-state index contributed by atoms with van der Waals surface area (Å²) in [6.07, 6.45) is 8.13. The lowest BCUT2D eigenvalue weighted by Crippen LogP contribution is -1.93. The van der Waals surface area contributed by atoms with Gasteiger partial charge >= 0.3 is 0 Å². The molecule has 0 heteroatoms. The van der Waals surface area contributed by atoms with Crippen molar-refractivity contribution in [3.05, 3.63) is 40.5 Å². The molecule has 1 aliphatic carbocycles. The Bertz CT molecular complexity index is 345. The molecule has 0 radical (unpaired) electrons. The van der Waals surface area contributed by atoms with E-state index in [0.717, 1.165) is 6.42 Å². The van der Waals surface area contributed by atoms with Crippen LogP contribution in [0.3, 0.4) is 0 Å². The monoisotopic (exact) mass is 172 g/mol. The van der Waals surface area contributed by atoms with Crippen LogP contribution in [0, 0.1) is 6.92 Å². The zero-order valence-electron chi connectivity index (χ0n) is 8.43. The molecule has 0 bridgehead atoms. The maximum absolute atomic E-state index is 2.33. The van der Waals surface area contributed by atoms with Crippen LogP contribution in [-0.4, -0.2) is 0 Å². The zero-order chi connectivity index (χ0) is 9.26. The van der Waals surface area contributed by atoms with Gasteiger partial charge in [-0.2, -0.15) is 0 Å². The average molecular weight is 172 g/mol. The van der Waals surface area contributed by atoms with E-state index in [9.17, 15) is 0 Å². The first-order valence-electron chi connectivity index (χ1n) is 5.10. The van der Waals surface area contributed by atoms with Gasteiger partial charge in [0.2, 0.25) is 0 Å². The fourth-order valence-corrected chi connectivity index (χ4v) is 2.12. The van der Waals surface area contributed by atoms with Crippen molar-refractivity contribution in [1.82, 2.24) is 0 Å². The minimum atomic E-state index is 1.13. The molecule has 0 aliphatic heterocycles. The molecule has 0 unspecified atom stereocenters. The number of benzene rings is 1. The van der Waals surface area contributed by atoms with E-state index in [4.69, 9.17) is 0 Å². The molecule has 2 rings (SSSR count). The van der Waals surface area contributed by atoms with Crippen molar-refractivity contribution in [3.63, 3.8) is 0 Å².